The summed E-state index contributed by atoms with van der Waals surface area (Å²) in [5, 5.41) is 0. The number of amides is 1. The summed E-state index contributed by atoms with van der Waals surface area (Å²) < 4.78 is 3.03. The van der Waals surface area contributed by atoms with Crippen molar-refractivity contribution in [2.24, 2.45) is 7.05 Å². The van der Waals surface area contributed by atoms with E-state index in [1.54, 1.807) is 0 Å². The van der Waals surface area contributed by atoms with E-state index in [-0.39, 0.29) is 5.91 Å². The molecule has 0 saturated carbocycles. The fourth-order valence-corrected chi connectivity index (χ4v) is 1.52. The van der Waals surface area contributed by atoms with Crippen LogP contribution in [0, 0.1) is 6.92 Å². The number of nitrogens with zero attached hydrogens (tertiary/aromatic N) is 3. The fourth-order valence-electron chi connectivity index (χ4n) is 1.33. The molecule has 1 amide bonds. The average molecular weight is 186 g/mol. The number of hydrogen-bond acceptors (Lipinski definition) is 2. The highest BCUT2D eigenvalue weighted by atomic mass is 35.5. The van der Waals surface area contributed by atoms with Crippen LogP contribution >= 0.6 is 11.8 Å². The lowest BCUT2D eigenvalue weighted by Gasteiger charge is -2.04. The zero-order valence-corrected chi connectivity index (χ0v) is 7.59. The molecule has 0 aromatic carbocycles. The molecule has 0 fully saturated rings. The Balaban J connectivity index is 2.59. The molecular weight excluding hydrogens is 178 g/mol. The topological polar surface area (TPSA) is 38.1 Å². The van der Waals surface area contributed by atoms with E-state index in [1.807, 2.05) is 18.5 Å². The van der Waals surface area contributed by atoms with Crippen LogP contribution in [0.25, 0.3) is 0 Å². The van der Waals surface area contributed by atoms with E-state index in [0.717, 1.165) is 15.9 Å². The maximum absolute atomic E-state index is 11.3. The van der Waals surface area contributed by atoms with Gasteiger partial charge in [-0.05, 0) is 6.92 Å². The van der Waals surface area contributed by atoms with Crippen molar-refractivity contribution in [3.8, 4) is 0 Å². The highest BCUT2D eigenvalue weighted by Crippen LogP contribution is 2.23. The van der Waals surface area contributed by atoms with Crippen molar-refractivity contribution in [1.29, 1.82) is 0 Å². The van der Waals surface area contributed by atoms with Crippen molar-refractivity contribution >= 4 is 17.7 Å². The molecule has 1 aliphatic rings. The van der Waals surface area contributed by atoms with Gasteiger partial charge in [-0.25, -0.2) is 9.40 Å². The zero-order chi connectivity index (χ0) is 8.88. The summed E-state index contributed by atoms with van der Waals surface area (Å²) in [6.07, 6.45) is 0. The van der Waals surface area contributed by atoms with Crippen LogP contribution in [0.5, 0.6) is 0 Å². The van der Waals surface area contributed by atoms with Gasteiger partial charge in [-0.1, -0.05) is 0 Å². The number of hydrogen-bond donors (Lipinski definition) is 0. The summed E-state index contributed by atoms with van der Waals surface area (Å²) in [5.41, 5.74) is 1.39. The van der Waals surface area contributed by atoms with Crippen LogP contribution in [0.4, 0.5) is 0 Å². The quantitative estimate of drug-likeness (QED) is 0.562. The van der Waals surface area contributed by atoms with E-state index in [9.17, 15) is 4.79 Å². The summed E-state index contributed by atoms with van der Waals surface area (Å²) in [7, 11) is 1.88. The minimum Gasteiger partial charge on any atom is -0.333 e. The predicted molar refractivity (Wildman–Crippen MR) is 43.7 cm³/mol. The predicted octanol–water partition coefficient (Wildman–Crippen LogP) is 0.838. The van der Waals surface area contributed by atoms with Crippen LogP contribution in [-0.4, -0.2) is 19.9 Å². The van der Waals surface area contributed by atoms with Gasteiger partial charge in [-0.15, -0.1) is 0 Å². The largest absolute Gasteiger partial charge is 0.333 e. The van der Waals surface area contributed by atoms with E-state index in [4.69, 9.17) is 11.8 Å². The monoisotopic (exact) mass is 185 g/mol. The molecule has 64 valence electrons. The van der Waals surface area contributed by atoms with Gasteiger partial charge >= 0.3 is 0 Å². The van der Waals surface area contributed by atoms with Gasteiger partial charge in [0, 0.05) is 18.8 Å². The van der Waals surface area contributed by atoms with Gasteiger partial charge in [0.25, 0.3) is 5.91 Å². The zero-order valence-electron chi connectivity index (χ0n) is 6.83. The first kappa shape index (κ1) is 7.61. The van der Waals surface area contributed by atoms with Crippen LogP contribution in [0.3, 0.4) is 0 Å². The van der Waals surface area contributed by atoms with Crippen LogP contribution < -0.4 is 0 Å². The Morgan fingerprint density at radius 1 is 1.58 bits per heavy atom. The van der Waals surface area contributed by atoms with Gasteiger partial charge < -0.3 is 4.57 Å². The minimum atomic E-state index is -0.199. The third kappa shape index (κ3) is 0.783. The van der Waals surface area contributed by atoms with Crippen molar-refractivity contribution in [3.05, 3.63) is 17.2 Å². The average Bonchev–Trinajstić information content (AvgIpc) is 2.43. The molecule has 1 aliphatic heterocycles. The number of fused-ring (bicyclic) bond motifs is 1. The van der Waals surface area contributed by atoms with Crippen LogP contribution in [0.1, 0.15) is 22.0 Å². The van der Waals surface area contributed by atoms with Crippen LogP contribution in [-0.2, 0) is 13.6 Å². The molecule has 2 heterocycles. The van der Waals surface area contributed by atoms with Crippen molar-refractivity contribution in [2.75, 3.05) is 0 Å². The molecule has 0 N–H and O–H groups in total. The number of aryl methyl sites for hydroxylation is 1. The first-order valence-electron chi connectivity index (χ1n) is 3.61. The number of halogens is 1. The molecule has 0 spiro atoms. The van der Waals surface area contributed by atoms with Crippen molar-refractivity contribution in [3.63, 3.8) is 0 Å². The molecule has 0 bridgehead atoms. The third-order valence-electron chi connectivity index (χ3n) is 2.15. The summed E-state index contributed by atoms with van der Waals surface area (Å²) in [6.45, 7) is 2.32. The number of rotatable bonds is 0. The van der Waals surface area contributed by atoms with Gasteiger partial charge in [0.2, 0.25) is 0 Å². The Bertz CT molecular complexity index is 358. The highest BCUT2D eigenvalue weighted by Gasteiger charge is 2.31. The Kier molecular flexibility index (Phi) is 1.41. The molecule has 0 radical (unpaired) electrons. The number of carbonyl (C=O) groups excluding carboxylic acids is 1. The Labute approximate surface area is 74.9 Å². The minimum absolute atomic E-state index is 0.199. The SMILES string of the molecule is Cc1nc2c(n1C)CN(Cl)C2=O. The van der Waals surface area contributed by atoms with E-state index < -0.39 is 0 Å². The van der Waals surface area contributed by atoms with Gasteiger partial charge in [0.1, 0.15) is 5.82 Å². The van der Waals surface area contributed by atoms with Crippen LogP contribution in [0.15, 0.2) is 0 Å². The highest BCUT2D eigenvalue weighted by molar-refractivity contribution is 6.25. The van der Waals surface area contributed by atoms with E-state index in [2.05, 4.69) is 4.98 Å². The second kappa shape index (κ2) is 2.23. The molecule has 4 nitrogen and oxygen atoms in total. The molecule has 0 aliphatic carbocycles. The molecule has 0 unspecified atom stereocenters. The Hall–Kier alpha value is -1.03. The summed E-state index contributed by atoms with van der Waals surface area (Å²) in [6, 6.07) is 0. The van der Waals surface area contributed by atoms with Gasteiger partial charge in [0.15, 0.2) is 5.69 Å². The molecule has 12 heavy (non-hydrogen) atoms. The third-order valence-corrected chi connectivity index (χ3v) is 2.42. The molecule has 0 atom stereocenters. The van der Waals surface area contributed by atoms with E-state index in [1.165, 1.54) is 0 Å². The molecule has 0 saturated heterocycles. The fraction of sp³-hybridized carbons (Fsp3) is 0.429. The number of aromatic nitrogens is 2. The normalized spacial score (nSPS) is 15.6. The maximum atomic E-state index is 11.3. The summed E-state index contributed by atoms with van der Waals surface area (Å²) in [5.74, 6) is 0.647. The van der Waals surface area contributed by atoms with E-state index >= 15 is 0 Å². The Morgan fingerprint density at radius 3 is 2.83 bits per heavy atom. The number of carbonyl (C=O) groups is 1. The first-order valence-corrected chi connectivity index (χ1v) is 3.95. The molecule has 2 rings (SSSR count). The van der Waals surface area contributed by atoms with Crippen LogP contribution in [0.2, 0.25) is 0 Å². The van der Waals surface area contributed by atoms with Gasteiger partial charge in [-0.2, -0.15) is 0 Å². The molecular formula is C7H8ClN3O. The summed E-state index contributed by atoms with van der Waals surface area (Å²) in [4.78, 5) is 15.4. The molecule has 5 heteroatoms. The number of imidazole rings is 1. The second-order valence-corrected chi connectivity index (χ2v) is 3.25. The first-order chi connectivity index (χ1) is 5.61. The van der Waals surface area contributed by atoms with Crippen molar-refractivity contribution in [1.82, 2.24) is 14.0 Å². The lowest BCUT2D eigenvalue weighted by atomic mass is 10.4. The molecule has 1 aromatic heterocycles. The van der Waals surface area contributed by atoms with Gasteiger partial charge in [0.05, 0.1) is 12.2 Å². The maximum Gasteiger partial charge on any atom is 0.289 e. The smallest absolute Gasteiger partial charge is 0.289 e. The van der Waals surface area contributed by atoms with Gasteiger partial charge in [-0.3, -0.25) is 4.79 Å². The standard InChI is InChI=1S/C7H8ClN3O/c1-4-9-6-5(10(4)2)3-11(8)7(6)12/h3H2,1-2H3. The Morgan fingerprint density at radius 2 is 2.25 bits per heavy atom. The summed E-state index contributed by atoms with van der Waals surface area (Å²) >= 11 is 5.62. The lowest BCUT2D eigenvalue weighted by molar-refractivity contribution is 0.0876. The molecule has 1 aromatic rings. The lowest BCUT2D eigenvalue weighted by Crippen LogP contribution is -2.13. The second-order valence-electron chi connectivity index (χ2n) is 2.84. The van der Waals surface area contributed by atoms with Crippen molar-refractivity contribution in [2.45, 2.75) is 13.5 Å². The van der Waals surface area contributed by atoms with Crippen molar-refractivity contribution < 1.29 is 4.79 Å². The van der Waals surface area contributed by atoms with E-state index in [0.29, 0.717) is 12.2 Å².